The zero-order valence-corrected chi connectivity index (χ0v) is 32.4. The van der Waals surface area contributed by atoms with E-state index < -0.39 is 35.5 Å². The molecule has 274 valence electrons. The Balaban J connectivity index is 2.71. The molecule has 0 aromatic heterocycles. The number of hydrogen-bond acceptors (Lipinski definition) is 9. The van der Waals surface area contributed by atoms with E-state index in [4.69, 9.17) is 25.8 Å². The number of nitrogens with one attached hydrogen (secondary N) is 3. The van der Waals surface area contributed by atoms with Crippen LogP contribution in [0.1, 0.15) is 73.6 Å². The second-order valence-corrected chi connectivity index (χ2v) is 15.8. The molecule has 1 aliphatic heterocycles. The van der Waals surface area contributed by atoms with Crippen molar-refractivity contribution in [1.29, 1.82) is 0 Å². The van der Waals surface area contributed by atoms with Crippen LogP contribution in [0.5, 0.6) is 0 Å². The maximum Gasteiger partial charge on any atom is 0.407 e. The fourth-order valence-corrected chi connectivity index (χ4v) is 5.95. The van der Waals surface area contributed by atoms with E-state index in [1.165, 1.54) is 19.4 Å². The van der Waals surface area contributed by atoms with Crippen LogP contribution in [0, 0.1) is 11.3 Å². The van der Waals surface area contributed by atoms with E-state index in [9.17, 15) is 19.2 Å². The number of alkyl carbamates (subject to hydrolysis) is 1. The van der Waals surface area contributed by atoms with Crippen LogP contribution in [-0.4, -0.2) is 67.8 Å². The van der Waals surface area contributed by atoms with Gasteiger partial charge in [-0.15, -0.1) is 0 Å². The number of esters is 1. The van der Waals surface area contributed by atoms with Gasteiger partial charge >= 0.3 is 12.1 Å². The van der Waals surface area contributed by atoms with Gasteiger partial charge in [0.1, 0.15) is 18.2 Å². The first-order chi connectivity index (χ1) is 23.2. The Morgan fingerprint density at radius 1 is 1.16 bits per heavy atom. The molecule has 0 spiro atoms. The Hall–Kier alpha value is -3.09. The lowest BCUT2D eigenvalue weighted by Gasteiger charge is -2.29. The normalized spacial score (nSPS) is 18.0. The summed E-state index contributed by atoms with van der Waals surface area (Å²) in [6, 6.07) is -0.819. The van der Waals surface area contributed by atoms with Crippen molar-refractivity contribution >= 4 is 57.1 Å². The standard InChI is InChI=1S/C36H54ClN3O7S2/c1-25(24-26(2)29-16-11-17-30(45-7)34(43)47-29)14-9-10-18-31(41)40-32(36(4,5)6)33(42)38-21-12-15-28(20-19-27(3)37)46-35(44)39-22-13-23-49-48-8/h9-10,12,14,17-19,21,24,26,28-29,32H,11,13,15-16,20,22-23H2,1-8H3,(H,38,42)(H,39,44)(H,40,41)/b14-9-,18-10-,21-12-,25-24+,27-19+/t26-,28+,29-,32+/m0/s1. The highest BCUT2D eigenvalue weighted by molar-refractivity contribution is 8.76. The van der Waals surface area contributed by atoms with Crippen LogP contribution in [0.25, 0.3) is 0 Å². The lowest BCUT2D eigenvalue weighted by Crippen LogP contribution is -2.52. The van der Waals surface area contributed by atoms with Gasteiger partial charge < -0.3 is 30.2 Å². The molecule has 0 fully saturated rings. The van der Waals surface area contributed by atoms with Crippen molar-refractivity contribution in [3.8, 4) is 0 Å². The third kappa shape index (κ3) is 19.6. The van der Waals surface area contributed by atoms with E-state index in [1.807, 2.05) is 53.0 Å². The average Bonchev–Trinajstić information content (AvgIpc) is 3.22. The van der Waals surface area contributed by atoms with E-state index in [1.54, 1.807) is 58.9 Å². The molecular formula is C36H54ClN3O7S2. The molecule has 0 bridgehead atoms. The van der Waals surface area contributed by atoms with E-state index >= 15 is 0 Å². The van der Waals surface area contributed by atoms with Crippen molar-refractivity contribution in [3.05, 3.63) is 71.2 Å². The van der Waals surface area contributed by atoms with Crippen LogP contribution in [-0.2, 0) is 28.6 Å². The van der Waals surface area contributed by atoms with Crippen molar-refractivity contribution in [2.75, 3.05) is 25.7 Å². The first-order valence-corrected chi connectivity index (χ1v) is 19.4. The molecule has 0 saturated carbocycles. The van der Waals surface area contributed by atoms with E-state index in [0.717, 1.165) is 17.7 Å². The summed E-state index contributed by atoms with van der Waals surface area (Å²) in [5, 5.41) is 8.89. The van der Waals surface area contributed by atoms with Gasteiger partial charge in [0.2, 0.25) is 11.8 Å². The van der Waals surface area contributed by atoms with Crippen molar-refractivity contribution in [3.63, 3.8) is 0 Å². The van der Waals surface area contributed by atoms with E-state index in [2.05, 4.69) is 16.0 Å². The monoisotopic (exact) mass is 739 g/mol. The molecule has 13 heteroatoms. The molecule has 0 aromatic carbocycles. The first kappa shape index (κ1) is 43.9. The zero-order valence-electron chi connectivity index (χ0n) is 30.0. The predicted octanol–water partition coefficient (Wildman–Crippen LogP) is 7.50. The number of hydrogen-bond donors (Lipinski definition) is 3. The molecule has 3 N–H and O–H groups in total. The van der Waals surface area contributed by atoms with E-state index in [0.29, 0.717) is 37.3 Å². The van der Waals surface area contributed by atoms with Gasteiger partial charge in [0.15, 0.2) is 5.76 Å². The second kappa shape index (κ2) is 24.1. The molecule has 49 heavy (non-hydrogen) atoms. The molecule has 10 nitrogen and oxygen atoms in total. The zero-order chi connectivity index (χ0) is 36.8. The first-order valence-electron chi connectivity index (χ1n) is 16.3. The maximum atomic E-state index is 13.1. The summed E-state index contributed by atoms with van der Waals surface area (Å²) in [5.74, 6) is -0.103. The number of rotatable bonds is 19. The van der Waals surface area contributed by atoms with Crippen LogP contribution in [0.2, 0.25) is 0 Å². The van der Waals surface area contributed by atoms with Gasteiger partial charge in [0.05, 0.1) is 7.11 Å². The van der Waals surface area contributed by atoms with Crippen molar-refractivity contribution < 1.29 is 33.4 Å². The molecule has 0 unspecified atom stereocenters. The summed E-state index contributed by atoms with van der Waals surface area (Å²) in [7, 11) is 4.87. The third-order valence-electron chi connectivity index (χ3n) is 7.18. The van der Waals surface area contributed by atoms with Crippen LogP contribution in [0.15, 0.2) is 71.2 Å². The lowest BCUT2D eigenvalue weighted by molar-refractivity contribution is -0.149. The molecule has 0 aliphatic carbocycles. The Morgan fingerprint density at radius 2 is 1.88 bits per heavy atom. The van der Waals surface area contributed by atoms with Gasteiger partial charge in [-0.2, -0.15) is 0 Å². The molecule has 3 amide bonds. The minimum absolute atomic E-state index is 0.0148. The predicted molar refractivity (Wildman–Crippen MR) is 202 cm³/mol. The van der Waals surface area contributed by atoms with Crippen LogP contribution in [0.4, 0.5) is 4.79 Å². The summed E-state index contributed by atoms with van der Waals surface area (Å²) >= 11 is 5.99. The summed E-state index contributed by atoms with van der Waals surface area (Å²) in [6.07, 6.45) is 19.1. The number of amides is 3. The van der Waals surface area contributed by atoms with Crippen LogP contribution < -0.4 is 16.0 Å². The van der Waals surface area contributed by atoms with Crippen molar-refractivity contribution in [2.24, 2.45) is 11.3 Å². The van der Waals surface area contributed by atoms with Gasteiger partial charge in [-0.3, -0.25) is 9.59 Å². The topological polar surface area (TPSA) is 132 Å². The third-order valence-corrected chi connectivity index (χ3v) is 9.23. The van der Waals surface area contributed by atoms with Crippen molar-refractivity contribution in [2.45, 2.75) is 91.9 Å². The number of carbonyl (C=O) groups is 4. The maximum absolute atomic E-state index is 13.1. The molecule has 1 aliphatic rings. The SMILES string of the molecule is COC1=CCC[C@@H]([C@@H](C)/C=C(C)/C=C\C=C/C(=O)N[C@H](C(=O)N/C=C\C[C@H](C/C=C(\C)Cl)OC(=O)NCCCSSC)C(C)(C)C)OC1=O. The van der Waals surface area contributed by atoms with E-state index in [-0.39, 0.29) is 23.7 Å². The minimum Gasteiger partial charge on any atom is -0.490 e. The molecule has 0 saturated heterocycles. The number of cyclic esters (lactones) is 1. The van der Waals surface area contributed by atoms with Crippen LogP contribution >= 0.6 is 33.2 Å². The molecule has 0 radical (unpaired) electrons. The Kier molecular flexibility index (Phi) is 21.6. The quantitative estimate of drug-likeness (QED) is 0.0405. The number of ether oxygens (including phenoxy) is 3. The number of methoxy groups -OCH3 is 1. The van der Waals surface area contributed by atoms with Gasteiger partial charge in [0, 0.05) is 42.2 Å². The van der Waals surface area contributed by atoms with Gasteiger partial charge in [-0.1, -0.05) is 103 Å². The highest BCUT2D eigenvalue weighted by Crippen LogP contribution is 2.23. The van der Waals surface area contributed by atoms with Crippen LogP contribution in [0.3, 0.4) is 0 Å². The van der Waals surface area contributed by atoms with Gasteiger partial charge in [-0.05, 0) is 57.1 Å². The molecule has 1 heterocycles. The highest BCUT2D eigenvalue weighted by Gasteiger charge is 2.32. The summed E-state index contributed by atoms with van der Waals surface area (Å²) in [5.41, 5.74) is 0.369. The largest absolute Gasteiger partial charge is 0.490 e. The fraction of sp³-hybridized carbons (Fsp3) is 0.556. The number of allylic oxidation sites excluding steroid dienone is 6. The molecule has 4 atom stereocenters. The summed E-state index contributed by atoms with van der Waals surface area (Å²) < 4.78 is 16.2. The number of carbonyl (C=O) groups excluding carboxylic acids is 4. The minimum atomic E-state index is -0.819. The van der Waals surface area contributed by atoms with Gasteiger partial charge in [0.25, 0.3) is 0 Å². The molecule has 0 aromatic rings. The lowest BCUT2D eigenvalue weighted by atomic mass is 9.86. The molecular weight excluding hydrogens is 686 g/mol. The Bertz CT molecular complexity index is 1270. The Morgan fingerprint density at radius 3 is 2.53 bits per heavy atom. The Labute approximate surface area is 305 Å². The molecule has 1 rings (SSSR count). The highest BCUT2D eigenvalue weighted by atomic mass is 35.5. The number of halogens is 1. The summed E-state index contributed by atoms with van der Waals surface area (Å²) in [6.45, 7) is 11.8. The van der Waals surface area contributed by atoms with Crippen molar-refractivity contribution in [1.82, 2.24) is 16.0 Å². The fourth-order valence-electron chi connectivity index (χ4n) is 4.58. The average molecular weight is 740 g/mol. The van der Waals surface area contributed by atoms with Gasteiger partial charge in [-0.25, -0.2) is 9.59 Å². The second-order valence-electron chi connectivity index (χ2n) is 12.6. The smallest absolute Gasteiger partial charge is 0.407 e. The summed E-state index contributed by atoms with van der Waals surface area (Å²) in [4.78, 5) is 50.3.